The van der Waals surface area contributed by atoms with Crippen molar-refractivity contribution in [3.05, 3.63) is 107 Å². The van der Waals surface area contributed by atoms with E-state index in [1.807, 2.05) is 84.4 Å². The highest BCUT2D eigenvalue weighted by atomic mass is 16.5. The van der Waals surface area contributed by atoms with Crippen LogP contribution >= 0.6 is 0 Å². The number of carbonyl (C=O) groups is 1. The van der Waals surface area contributed by atoms with Crippen molar-refractivity contribution in [2.75, 3.05) is 0 Å². The summed E-state index contributed by atoms with van der Waals surface area (Å²) in [5.41, 5.74) is 4.64. The van der Waals surface area contributed by atoms with Gasteiger partial charge in [0.15, 0.2) is 5.82 Å². The summed E-state index contributed by atoms with van der Waals surface area (Å²) in [6, 6.07) is 19.5. The van der Waals surface area contributed by atoms with Crippen LogP contribution in [0.5, 0.6) is 0 Å². The molecule has 156 valence electrons. The van der Waals surface area contributed by atoms with Crippen LogP contribution in [-0.4, -0.2) is 31.0 Å². The predicted octanol–water partition coefficient (Wildman–Crippen LogP) is 3.97. The van der Waals surface area contributed by atoms with Crippen LogP contribution in [0.1, 0.15) is 38.6 Å². The topological polar surface area (TPSA) is 85.7 Å². The van der Waals surface area contributed by atoms with Crippen molar-refractivity contribution in [2.45, 2.75) is 26.7 Å². The lowest BCUT2D eigenvalue weighted by atomic mass is 10.1. The van der Waals surface area contributed by atoms with E-state index in [1.165, 1.54) is 0 Å². The molecule has 7 heteroatoms. The summed E-state index contributed by atoms with van der Waals surface area (Å²) in [5.74, 6) is 0.554. The number of ketones is 1. The fourth-order valence-corrected chi connectivity index (χ4v) is 3.22. The summed E-state index contributed by atoms with van der Waals surface area (Å²) in [6.07, 6.45) is 6.02. The van der Waals surface area contributed by atoms with Crippen LogP contribution in [0.25, 0.3) is 6.08 Å². The Labute approximate surface area is 180 Å². The molecule has 0 saturated carbocycles. The summed E-state index contributed by atoms with van der Waals surface area (Å²) in [5, 5.41) is 13.6. The lowest BCUT2D eigenvalue weighted by molar-refractivity contribution is 0.102. The van der Waals surface area contributed by atoms with Crippen molar-refractivity contribution in [1.29, 1.82) is 0 Å². The molecule has 2 aromatic carbocycles. The standard InChI is InChI=1S/C24H23N5O2/c1-18-9-11-21(12-10-18)24(30)22-8-4-14-29(22)13-3-7-19-5-2-6-20(15-19)16-31-17-23-25-27-28-26-23/h2-12,14-15H,13,16-17H2,1H3,(H,25,26,27,28). The number of allylic oxidation sites excluding steroid dienone is 1. The number of ether oxygens (including phenoxy) is 1. The molecule has 7 nitrogen and oxygen atoms in total. The summed E-state index contributed by atoms with van der Waals surface area (Å²) in [7, 11) is 0. The molecule has 2 heterocycles. The van der Waals surface area contributed by atoms with E-state index < -0.39 is 0 Å². The van der Waals surface area contributed by atoms with Gasteiger partial charge in [-0.3, -0.25) is 4.79 Å². The molecule has 0 aliphatic rings. The van der Waals surface area contributed by atoms with Crippen molar-refractivity contribution in [2.24, 2.45) is 0 Å². The predicted molar refractivity (Wildman–Crippen MR) is 117 cm³/mol. The number of tetrazole rings is 1. The largest absolute Gasteiger partial charge is 0.369 e. The average Bonchev–Trinajstić information content (AvgIpc) is 3.46. The monoisotopic (exact) mass is 413 g/mol. The number of aryl methyl sites for hydroxylation is 1. The number of aromatic amines is 1. The highest BCUT2D eigenvalue weighted by molar-refractivity contribution is 6.08. The molecule has 1 N–H and O–H groups in total. The second-order valence-electron chi connectivity index (χ2n) is 7.21. The van der Waals surface area contributed by atoms with Gasteiger partial charge in [-0.25, -0.2) is 0 Å². The van der Waals surface area contributed by atoms with Crippen LogP contribution in [0.3, 0.4) is 0 Å². The first-order chi connectivity index (χ1) is 15.2. The summed E-state index contributed by atoms with van der Waals surface area (Å²) in [4.78, 5) is 12.8. The molecule has 0 aliphatic carbocycles. The molecule has 0 amide bonds. The summed E-state index contributed by atoms with van der Waals surface area (Å²) >= 11 is 0. The van der Waals surface area contributed by atoms with Gasteiger partial charge in [-0.1, -0.05) is 65.4 Å². The Kier molecular flexibility index (Phi) is 6.44. The molecule has 0 fully saturated rings. The second kappa shape index (κ2) is 9.77. The zero-order valence-electron chi connectivity index (χ0n) is 17.2. The molecule has 0 atom stereocenters. The second-order valence-corrected chi connectivity index (χ2v) is 7.21. The van der Waals surface area contributed by atoms with Gasteiger partial charge >= 0.3 is 0 Å². The van der Waals surface area contributed by atoms with Gasteiger partial charge in [-0.05, 0) is 36.2 Å². The first-order valence-electron chi connectivity index (χ1n) is 10.0. The summed E-state index contributed by atoms with van der Waals surface area (Å²) < 4.78 is 7.58. The molecular weight excluding hydrogens is 390 g/mol. The third-order valence-corrected chi connectivity index (χ3v) is 4.83. The van der Waals surface area contributed by atoms with E-state index in [9.17, 15) is 4.79 Å². The van der Waals surface area contributed by atoms with E-state index in [0.717, 1.165) is 16.7 Å². The lowest BCUT2D eigenvalue weighted by Gasteiger charge is -2.07. The van der Waals surface area contributed by atoms with Crippen molar-refractivity contribution in [3.8, 4) is 0 Å². The molecule has 2 aromatic heterocycles. The number of H-pyrrole nitrogens is 1. The van der Waals surface area contributed by atoms with Gasteiger partial charge in [-0.15, -0.1) is 10.2 Å². The van der Waals surface area contributed by atoms with Crippen LogP contribution < -0.4 is 0 Å². The third kappa shape index (κ3) is 5.40. The number of hydrogen-bond donors (Lipinski definition) is 1. The van der Waals surface area contributed by atoms with Crippen molar-refractivity contribution >= 4 is 11.9 Å². The number of rotatable bonds is 9. The fraction of sp³-hybridized carbons (Fsp3) is 0.167. The third-order valence-electron chi connectivity index (χ3n) is 4.83. The molecule has 0 aliphatic heterocycles. The van der Waals surface area contributed by atoms with Gasteiger partial charge in [0.2, 0.25) is 5.78 Å². The number of carbonyl (C=O) groups excluding carboxylic acids is 1. The van der Waals surface area contributed by atoms with E-state index in [0.29, 0.717) is 36.8 Å². The van der Waals surface area contributed by atoms with E-state index in [4.69, 9.17) is 4.74 Å². The molecule has 0 bridgehead atoms. The minimum atomic E-state index is 0.0270. The van der Waals surface area contributed by atoms with Crippen molar-refractivity contribution in [3.63, 3.8) is 0 Å². The van der Waals surface area contributed by atoms with Crippen LogP contribution in [-0.2, 0) is 24.5 Å². The maximum atomic E-state index is 12.8. The molecule has 0 spiro atoms. The van der Waals surface area contributed by atoms with Gasteiger partial charge in [0.25, 0.3) is 0 Å². The van der Waals surface area contributed by atoms with Crippen molar-refractivity contribution in [1.82, 2.24) is 25.2 Å². The zero-order valence-corrected chi connectivity index (χ0v) is 17.2. The average molecular weight is 413 g/mol. The Bertz CT molecular complexity index is 1160. The Morgan fingerprint density at radius 2 is 1.97 bits per heavy atom. The van der Waals surface area contributed by atoms with Crippen LogP contribution in [0, 0.1) is 6.92 Å². The highest BCUT2D eigenvalue weighted by Gasteiger charge is 2.12. The molecule has 0 saturated heterocycles. The Hall–Kier alpha value is -3.84. The maximum Gasteiger partial charge on any atom is 0.209 e. The number of benzene rings is 2. The number of nitrogens with zero attached hydrogens (tertiary/aromatic N) is 4. The smallest absolute Gasteiger partial charge is 0.209 e. The number of nitrogens with one attached hydrogen (secondary N) is 1. The van der Waals surface area contributed by atoms with Gasteiger partial charge in [-0.2, -0.15) is 5.21 Å². The number of aromatic nitrogens is 5. The van der Waals surface area contributed by atoms with E-state index in [-0.39, 0.29) is 5.78 Å². The minimum Gasteiger partial charge on any atom is -0.369 e. The van der Waals surface area contributed by atoms with Crippen LogP contribution in [0.15, 0.2) is 72.9 Å². The molecule has 4 rings (SSSR count). The fourth-order valence-electron chi connectivity index (χ4n) is 3.22. The Morgan fingerprint density at radius 3 is 2.77 bits per heavy atom. The van der Waals surface area contributed by atoms with Crippen molar-refractivity contribution < 1.29 is 9.53 Å². The zero-order chi connectivity index (χ0) is 21.5. The van der Waals surface area contributed by atoms with Crippen LogP contribution in [0.2, 0.25) is 0 Å². The highest BCUT2D eigenvalue weighted by Crippen LogP contribution is 2.13. The minimum absolute atomic E-state index is 0.0270. The molecule has 4 aromatic rings. The van der Waals surface area contributed by atoms with Crippen LogP contribution in [0.4, 0.5) is 0 Å². The molecular formula is C24H23N5O2. The first kappa shape index (κ1) is 20.4. The molecule has 0 radical (unpaired) electrons. The quantitative estimate of drug-likeness (QED) is 0.420. The Morgan fingerprint density at radius 1 is 1.10 bits per heavy atom. The normalized spacial score (nSPS) is 11.3. The summed E-state index contributed by atoms with van der Waals surface area (Å²) in [6.45, 7) is 3.39. The Balaban J connectivity index is 1.36. The van der Waals surface area contributed by atoms with E-state index >= 15 is 0 Å². The van der Waals surface area contributed by atoms with Gasteiger partial charge < -0.3 is 9.30 Å². The van der Waals surface area contributed by atoms with Gasteiger partial charge in [0.05, 0.1) is 12.3 Å². The lowest BCUT2D eigenvalue weighted by Crippen LogP contribution is -2.09. The molecule has 31 heavy (non-hydrogen) atoms. The molecule has 0 unspecified atom stereocenters. The van der Waals surface area contributed by atoms with Gasteiger partial charge in [0, 0.05) is 18.3 Å². The first-order valence-corrected chi connectivity index (χ1v) is 10.0. The maximum absolute atomic E-state index is 12.8. The van der Waals surface area contributed by atoms with Gasteiger partial charge in [0.1, 0.15) is 6.61 Å². The number of hydrogen-bond acceptors (Lipinski definition) is 5. The van der Waals surface area contributed by atoms with E-state index in [2.05, 4.69) is 26.7 Å². The SMILES string of the molecule is Cc1ccc(C(=O)c2cccn2CC=Cc2cccc(COCc3nn[nH]n3)c2)cc1. The van der Waals surface area contributed by atoms with E-state index in [1.54, 1.807) is 0 Å².